The van der Waals surface area contributed by atoms with Gasteiger partial charge in [0.25, 0.3) is 0 Å². The lowest BCUT2D eigenvalue weighted by Gasteiger charge is -2.29. The van der Waals surface area contributed by atoms with Crippen molar-refractivity contribution >= 4 is 0 Å². The third-order valence-electron chi connectivity index (χ3n) is 4.57. The summed E-state index contributed by atoms with van der Waals surface area (Å²) in [6, 6.07) is 2.26. The van der Waals surface area contributed by atoms with Crippen LogP contribution in [0.3, 0.4) is 0 Å². The Bertz CT molecular complexity index is 499. The minimum atomic E-state index is -3.24. The number of benzene rings is 1. The molecule has 0 amide bonds. The molecule has 0 aromatic heterocycles. The highest BCUT2D eigenvalue weighted by Gasteiger charge is 2.25. The summed E-state index contributed by atoms with van der Waals surface area (Å²) in [5, 5.41) is 0. The lowest BCUT2D eigenvalue weighted by atomic mass is 9.77. The van der Waals surface area contributed by atoms with Crippen LogP contribution in [-0.2, 0) is 0 Å². The largest absolute Gasteiger partial charge is 0.429 e. The van der Waals surface area contributed by atoms with Crippen LogP contribution in [0.25, 0.3) is 0 Å². The average Bonchev–Trinajstić information content (AvgIpc) is 2.51. The van der Waals surface area contributed by atoms with Crippen LogP contribution in [0.1, 0.15) is 56.4 Å². The summed E-state index contributed by atoms with van der Waals surface area (Å²) in [4.78, 5) is 0. The Kier molecular flexibility index (Phi) is 6.48. The van der Waals surface area contributed by atoms with Crippen molar-refractivity contribution in [2.75, 3.05) is 0 Å². The molecular weight excluding hydrogens is 308 g/mol. The highest BCUT2D eigenvalue weighted by atomic mass is 19.3. The van der Waals surface area contributed by atoms with E-state index in [0.717, 1.165) is 57.1 Å². The van der Waals surface area contributed by atoms with Crippen LogP contribution >= 0.6 is 0 Å². The standard InChI is InChI=1S/C18H22F4O/c1-2-3-4-5-12-6-8-13(9-7-12)14-10-15(19)17(16(20)11-14)23-18(21)22/h2,10-13,18H,1,3-9H2/t12-,13-. The zero-order chi connectivity index (χ0) is 16.8. The number of unbranched alkanes of at least 4 members (excludes halogenated alkanes) is 1. The fourth-order valence-electron chi connectivity index (χ4n) is 3.35. The average molecular weight is 330 g/mol. The first kappa shape index (κ1) is 17.8. The molecule has 1 aromatic carbocycles. The maximum atomic E-state index is 13.8. The second-order valence-electron chi connectivity index (χ2n) is 6.13. The predicted octanol–water partition coefficient (Wildman–Crippen LogP) is 6.20. The van der Waals surface area contributed by atoms with E-state index in [0.29, 0.717) is 11.5 Å². The minimum absolute atomic E-state index is 0.0789. The topological polar surface area (TPSA) is 9.23 Å². The van der Waals surface area contributed by atoms with Gasteiger partial charge < -0.3 is 4.74 Å². The molecule has 1 aliphatic rings. The van der Waals surface area contributed by atoms with Crippen molar-refractivity contribution in [3.05, 3.63) is 42.0 Å². The van der Waals surface area contributed by atoms with Crippen LogP contribution in [0.5, 0.6) is 5.75 Å². The Morgan fingerprint density at radius 1 is 1.13 bits per heavy atom. The molecular formula is C18H22F4O. The molecule has 0 atom stereocenters. The van der Waals surface area contributed by atoms with Gasteiger partial charge in [0.15, 0.2) is 17.4 Å². The van der Waals surface area contributed by atoms with Crippen molar-refractivity contribution in [1.82, 2.24) is 0 Å². The molecule has 23 heavy (non-hydrogen) atoms. The van der Waals surface area contributed by atoms with Gasteiger partial charge in [-0.05, 0) is 68.1 Å². The summed E-state index contributed by atoms with van der Waals surface area (Å²) in [7, 11) is 0. The molecule has 1 saturated carbocycles. The number of halogens is 4. The highest BCUT2D eigenvalue weighted by molar-refractivity contribution is 5.33. The van der Waals surface area contributed by atoms with Gasteiger partial charge in [-0.15, -0.1) is 6.58 Å². The number of alkyl halides is 2. The monoisotopic (exact) mass is 330 g/mol. The van der Waals surface area contributed by atoms with Crippen LogP contribution in [0.15, 0.2) is 24.8 Å². The van der Waals surface area contributed by atoms with Gasteiger partial charge in [0.05, 0.1) is 0 Å². The quantitative estimate of drug-likeness (QED) is 0.329. The van der Waals surface area contributed by atoms with Crippen molar-refractivity contribution in [3.8, 4) is 5.75 Å². The zero-order valence-corrected chi connectivity index (χ0v) is 13.0. The SMILES string of the molecule is C=CCCC[C@H]1CC[C@H](c2cc(F)c(OC(F)F)c(F)c2)CC1. The van der Waals surface area contributed by atoms with Crippen molar-refractivity contribution < 1.29 is 22.3 Å². The van der Waals surface area contributed by atoms with Gasteiger partial charge in [0.1, 0.15) is 0 Å². The first-order valence-corrected chi connectivity index (χ1v) is 8.06. The molecule has 0 spiro atoms. The van der Waals surface area contributed by atoms with Gasteiger partial charge in [-0.2, -0.15) is 8.78 Å². The van der Waals surface area contributed by atoms with E-state index in [1.54, 1.807) is 0 Å². The van der Waals surface area contributed by atoms with Crippen LogP contribution < -0.4 is 4.74 Å². The summed E-state index contributed by atoms with van der Waals surface area (Å²) in [6.45, 7) is 0.468. The molecule has 1 aromatic rings. The number of rotatable bonds is 7. The van der Waals surface area contributed by atoms with Gasteiger partial charge >= 0.3 is 6.61 Å². The summed E-state index contributed by atoms with van der Waals surface area (Å²) < 4.78 is 55.8. The van der Waals surface area contributed by atoms with E-state index in [4.69, 9.17) is 0 Å². The summed E-state index contributed by atoms with van der Waals surface area (Å²) in [5.41, 5.74) is 0.533. The number of hydrogen-bond acceptors (Lipinski definition) is 1. The van der Waals surface area contributed by atoms with Crippen molar-refractivity contribution in [1.29, 1.82) is 0 Å². The maximum absolute atomic E-state index is 13.8. The molecule has 2 rings (SSSR count). The molecule has 5 heteroatoms. The van der Waals surface area contributed by atoms with E-state index in [-0.39, 0.29) is 5.92 Å². The predicted molar refractivity (Wildman–Crippen MR) is 81.7 cm³/mol. The van der Waals surface area contributed by atoms with Gasteiger partial charge in [0, 0.05) is 0 Å². The Morgan fingerprint density at radius 3 is 2.26 bits per heavy atom. The van der Waals surface area contributed by atoms with Crippen LogP contribution in [0, 0.1) is 17.6 Å². The Balaban J connectivity index is 1.97. The van der Waals surface area contributed by atoms with Crippen molar-refractivity contribution in [2.24, 2.45) is 5.92 Å². The fraction of sp³-hybridized carbons (Fsp3) is 0.556. The first-order valence-electron chi connectivity index (χ1n) is 8.06. The number of allylic oxidation sites excluding steroid dienone is 1. The molecule has 0 saturated heterocycles. The lowest BCUT2D eigenvalue weighted by molar-refractivity contribution is -0.0546. The van der Waals surface area contributed by atoms with Crippen LogP contribution in [0.4, 0.5) is 17.6 Å². The van der Waals surface area contributed by atoms with Crippen molar-refractivity contribution in [3.63, 3.8) is 0 Å². The third-order valence-corrected chi connectivity index (χ3v) is 4.57. The molecule has 1 nitrogen and oxygen atoms in total. The van der Waals surface area contributed by atoms with E-state index in [2.05, 4.69) is 11.3 Å². The van der Waals surface area contributed by atoms with E-state index < -0.39 is 24.0 Å². The Morgan fingerprint density at radius 2 is 1.74 bits per heavy atom. The van der Waals surface area contributed by atoms with E-state index in [1.165, 1.54) is 0 Å². The van der Waals surface area contributed by atoms with E-state index in [1.807, 2.05) is 6.08 Å². The summed E-state index contributed by atoms with van der Waals surface area (Å²) >= 11 is 0. The molecule has 0 unspecified atom stereocenters. The third kappa shape index (κ3) is 4.98. The zero-order valence-electron chi connectivity index (χ0n) is 13.0. The molecule has 1 aliphatic carbocycles. The van der Waals surface area contributed by atoms with Crippen molar-refractivity contribution in [2.45, 2.75) is 57.5 Å². The molecule has 0 heterocycles. The molecule has 128 valence electrons. The summed E-state index contributed by atoms with van der Waals surface area (Å²) in [5.74, 6) is -2.39. The molecule has 0 N–H and O–H groups in total. The highest BCUT2D eigenvalue weighted by Crippen LogP contribution is 2.39. The second kappa shape index (κ2) is 8.37. The van der Waals surface area contributed by atoms with E-state index in [9.17, 15) is 17.6 Å². The maximum Gasteiger partial charge on any atom is 0.387 e. The smallest absolute Gasteiger partial charge is 0.387 e. The molecule has 0 radical (unpaired) electrons. The van der Waals surface area contributed by atoms with Gasteiger partial charge in [0.2, 0.25) is 0 Å². The van der Waals surface area contributed by atoms with Crippen LogP contribution in [-0.4, -0.2) is 6.61 Å². The normalized spacial score (nSPS) is 21.4. The summed E-state index contributed by atoms with van der Waals surface area (Å²) in [6.07, 6.45) is 9.01. The molecule has 0 bridgehead atoms. The van der Waals surface area contributed by atoms with Gasteiger partial charge in [-0.25, -0.2) is 8.78 Å². The number of hydrogen-bond donors (Lipinski definition) is 0. The first-order chi connectivity index (χ1) is 11.0. The fourth-order valence-corrected chi connectivity index (χ4v) is 3.35. The second-order valence-corrected chi connectivity index (χ2v) is 6.13. The molecule has 1 fully saturated rings. The number of ether oxygens (including phenoxy) is 1. The van der Waals surface area contributed by atoms with Crippen LogP contribution in [0.2, 0.25) is 0 Å². The Labute approximate surface area is 134 Å². The lowest BCUT2D eigenvalue weighted by Crippen LogP contribution is -2.14. The van der Waals surface area contributed by atoms with Gasteiger partial charge in [-0.1, -0.05) is 12.5 Å². The Hall–Kier alpha value is -1.52. The van der Waals surface area contributed by atoms with E-state index >= 15 is 0 Å². The molecule has 0 aliphatic heterocycles. The minimum Gasteiger partial charge on any atom is -0.429 e. The van der Waals surface area contributed by atoms with Gasteiger partial charge in [-0.3, -0.25) is 0 Å².